The molecule has 1 aliphatic heterocycles. The summed E-state index contributed by atoms with van der Waals surface area (Å²) < 4.78 is 7.11. The maximum absolute atomic E-state index is 10.5. The second-order valence-corrected chi connectivity index (χ2v) is 12.7. The molecule has 3 aliphatic rings. The molecule has 1 aromatic heterocycles. The number of fused-ring (bicyclic) bond motifs is 2. The highest BCUT2D eigenvalue weighted by Crippen LogP contribution is 2.47. The predicted molar refractivity (Wildman–Crippen MR) is 162 cm³/mol. The summed E-state index contributed by atoms with van der Waals surface area (Å²) in [7, 11) is 0. The van der Waals surface area contributed by atoms with E-state index >= 15 is 0 Å². The van der Waals surface area contributed by atoms with Crippen molar-refractivity contribution in [1.29, 1.82) is 5.26 Å². The molecule has 0 amide bonds. The number of benzene rings is 2. The smallest absolute Gasteiger partial charge is 0.262 e. The van der Waals surface area contributed by atoms with Crippen LogP contribution in [0.15, 0.2) is 52.3 Å². The molecule has 0 radical (unpaired) electrons. The average Bonchev–Trinajstić information content (AvgIpc) is 3.41. The molecule has 1 spiro atoms. The largest absolute Gasteiger partial charge is 0.459 e. The molecule has 0 bridgehead atoms. The first-order valence-electron chi connectivity index (χ1n) is 13.2. The second kappa shape index (κ2) is 11.4. The van der Waals surface area contributed by atoms with Crippen molar-refractivity contribution in [2.24, 2.45) is 0 Å². The lowest BCUT2D eigenvalue weighted by Gasteiger charge is -2.42. The first-order valence-corrected chi connectivity index (χ1v) is 15.3. The number of halogens is 1. The Morgan fingerprint density at radius 2 is 1.66 bits per heavy atom. The van der Waals surface area contributed by atoms with Gasteiger partial charge in [0.25, 0.3) is 5.17 Å². The number of hydrogen-bond donors (Lipinski definition) is 3. The number of ether oxygens (including phenoxy) is 1. The zero-order valence-corrected chi connectivity index (χ0v) is 24.5. The maximum atomic E-state index is 10.5. The van der Waals surface area contributed by atoms with Gasteiger partial charge in [-0.05, 0) is 104 Å². The number of aliphatic hydroxyl groups is 1. The highest BCUT2D eigenvalue weighted by molar-refractivity contribution is 9.10. The van der Waals surface area contributed by atoms with Crippen molar-refractivity contribution >= 4 is 56.0 Å². The molecule has 0 atom stereocenters. The van der Waals surface area contributed by atoms with Crippen molar-refractivity contribution in [3.8, 4) is 17.2 Å². The number of hydrogen-bond acceptors (Lipinski definition) is 6. The van der Waals surface area contributed by atoms with Crippen LogP contribution < -0.4 is 11.1 Å². The van der Waals surface area contributed by atoms with Crippen molar-refractivity contribution in [3.63, 3.8) is 0 Å². The fourth-order valence-corrected chi connectivity index (χ4v) is 7.29. The molecule has 6 rings (SSSR count). The minimum Gasteiger partial charge on any atom is -0.459 e. The minimum atomic E-state index is -0.702. The Kier molecular flexibility index (Phi) is 8.11. The molecule has 0 unspecified atom stereocenters. The topological polar surface area (TPSA) is 91.3 Å². The fourth-order valence-electron chi connectivity index (χ4n) is 5.96. The van der Waals surface area contributed by atoms with Gasteiger partial charge in [0.2, 0.25) is 0 Å². The lowest BCUT2D eigenvalue weighted by Crippen LogP contribution is -2.40. The van der Waals surface area contributed by atoms with E-state index in [-0.39, 0.29) is 5.60 Å². The summed E-state index contributed by atoms with van der Waals surface area (Å²) in [4.78, 5) is 0.737. The Morgan fingerprint density at radius 3 is 2.34 bits per heavy atom. The van der Waals surface area contributed by atoms with Crippen LogP contribution in [0.25, 0.3) is 11.1 Å². The van der Waals surface area contributed by atoms with E-state index in [4.69, 9.17) is 28.0 Å². The molecule has 4 N–H and O–H groups in total. The number of thiocarbonyl (C=S) groups is 1. The summed E-state index contributed by atoms with van der Waals surface area (Å²) >= 11 is 10.2. The molecule has 3 aromatic rings. The lowest BCUT2D eigenvalue weighted by atomic mass is 9.77. The van der Waals surface area contributed by atoms with E-state index in [0.717, 1.165) is 70.3 Å². The van der Waals surface area contributed by atoms with Crippen molar-refractivity contribution in [2.45, 2.75) is 75.4 Å². The number of nitrogen functional groups attached to an aromatic ring is 1. The van der Waals surface area contributed by atoms with Gasteiger partial charge in [-0.2, -0.15) is 5.26 Å². The third-order valence-electron chi connectivity index (χ3n) is 7.94. The maximum Gasteiger partial charge on any atom is 0.262 e. The quantitative estimate of drug-likeness (QED) is 0.200. The fraction of sp³-hybridized carbons (Fsp3) is 0.400. The summed E-state index contributed by atoms with van der Waals surface area (Å²) in [6.07, 6.45) is 10.7. The highest BCUT2D eigenvalue weighted by Gasteiger charge is 2.41. The molecule has 2 aromatic carbocycles. The summed E-state index contributed by atoms with van der Waals surface area (Å²) in [5.41, 5.74) is 11.0. The van der Waals surface area contributed by atoms with Gasteiger partial charge in [0.15, 0.2) is 0 Å². The Bertz CT molecular complexity index is 1370. The first kappa shape index (κ1) is 27.1. The average molecular weight is 611 g/mol. The van der Waals surface area contributed by atoms with E-state index in [1.165, 1.54) is 42.6 Å². The highest BCUT2D eigenvalue weighted by atomic mass is 79.9. The molecule has 8 heteroatoms. The van der Waals surface area contributed by atoms with E-state index in [2.05, 4.69) is 45.5 Å². The van der Waals surface area contributed by atoms with Crippen molar-refractivity contribution < 1.29 is 9.84 Å². The molecule has 38 heavy (non-hydrogen) atoms. The molecule has 2 saturated carbocycles. The van der Waals surface area contributed by atoms with E-state index in [1.807, 2.05) is 29.6 Å². The molecule has 2 aliphatic carbocycles. The summed E-state index contributed by atoms with van der Waals surface area (Å²) in [6, 6.07) is 16.2. The van der Waals surface area contributed by atoms with Gasteiger partial charge in [0, 0.05) is 27.0 Å². The number of nitriles is 1. The number of thiophene rings is 1. The van der Waals surface area contributed by atoms with Gasteiger partial charge < -0.3 is 20.9 Å². The SMILES string of the molecule is N#Cc1cc(-c2ccc3c(c2)C2(CCCCC2)OC(=S)N3)cs1.Nc1ccc(Br)cc1C1(O)CCCCC1. The van der Waals surface area contributed by atoms with Crippen LogP contribution in [0.5, 0.6) is 0 Å². The van der Waals surface area contributed by atoms with E-state index in [9.17, 15) is 5.11 Å². The lowest BCUT2D eigenvalue weighted by molar-refractivity contribution is 0.0000263. The van der Waals surface area contributed by atoms with Crippen LogP contribution in [-0.2, 0) is 15.9 Å². The van der Waals surface area contributed by atoms with Gasteiger partial charge in [-0.25, -0.2) is 0 Å². The van der Waals surface area contributed by atoms with Crippen molar-refractivity contribution in [3.05, 3.63) is 68.3 Å². The minimum absolute atomic E-state index is 0.278. The first-order chi connectivity index (χ1) is 18.3. The zero-order chi connectivity index (χ0) is 26.8. The zero-order valence-electron chi connectivity index (χ0n) is 21.3. The number of nitrogens with zero attached hydrogens (tertiary/aromatic N) is 1. The number of nitrogens with one attached hydrogen (secondary N) is 1. The van der Waals surface area contributed by atoms with E-state index < -0.39 is 5.60 Å². The van der Waals surface area contributed by atoms with Gasteiger partial charge >= 0.3 is 0 Å². The molecular formula is C30H32BrN3O2S2. The molecule has 198 valence electrons. The van der Waals surface area contributed by atoms with Gasteiger partial charge in [-0.3, -0.25) is 0 Å². The van der Waals surface area contributed by atoms with Gasteiger partial charge in [-0.15, -0.1) is 11.3 Å². The van der Waals surface area contributed by atoms with Crippen LogP contribution in [-0.4, -0.2) is 10.3 Å². The molecule has 0 saturated heterocycles. The molecule has 2 fully saturated rings. The van der Waals surface area contributed by atoms with Crippen LogP contribution in [0.4, 0.5) is 11.4 Å². The summed E-state index contributed by atoms with van der Waals surface area (Å²) in [5.74, 6) is 0. The van der Waals surface area contributed by atoms with Crippen LogP contribution in [0.3, 0.4) is 0 Å². The second-order valence-electron chi connectivity index (χ2n) is 10.5. The Labute approximate surface area is 242 Å². The Morgan fingerprint density at radius 1 is 0.947 bits per heavy atom. The third-order valence-corrected chi connectivity index (χ3v) is 9.45. The van der Waals surface area contributed by atoms with Crippen LogP contribution >= 0.6 is 39.5 Å². The normalized spacial score (nSPS) is 19.2. The van der Waals surface area contributed by atoms with Crippen molar-refractivity contribution in [2.75, 3.05) is 11.1 Å². The standard InChI is InChI=1S/C18H16N2OS2.C12H16BrNO/c19-10-14-8-13(11-23-14)12-4-5-16-15(9-12)18(21-17(22)20-16)6-2-1-3-7-18;13-9-4-5-11(14)10(8-9)12(15)6-2-1-3-7-12/h4-5,8-9,11H,1-3,6-7H2,(H,20,22);4-5,8,15H,1-3,6-7,14H2. The molecular weight excluding hydrogens is 578 g/mol. The Hall–Kier alpha value is -2.44. The Balaban J connectivity index is 0.000000170. The molecule has 5 nitrogen and oxygen atoms in total. The monoisotopic (exact) mass is 609 g/mol. The summed E-state index contributed by atoms with van der Waals surface area (Å²) in [6.45, 7) is 0. The van der Waals surface area contributed by atoms with E-state index in [0.29, 0.717) is 10.9 Å². The predicted octanol–water partition coefficient (Wildman–Crippen LogP) is 8.36. The van der Waals surface area contributed by atoms with Gasteiger partial charge in [0.05, 0.1) is 5.60 Å². The van der Waals surface area contributed by atoms with Crippen molar-refractivity contribution in [1.82, 2.24) is 0 Å². The van der Waals surface area contributed by atoms with Gasteiger partial charge in [0.1, 0.15) is 16.5 Å². The van der Waals surface area contributed by atoms with Gasteiger partial charge in [-0.1, -0.05) is 47.7 Å². The van der Waals surface area contributed by atoms with Crippen LogP contribution in [0, 0.1) is 11.3 Å². The third kappa shape index (κ3) is 5.62. The number of anilines is 2. The molecule has 2 heterocycles. The van der Waals surface area contributed by atoms with E-state index in [1.54, 1.807) is 0 Å². The van der Waals surface area contributed by atoms with Crippen LogP contribution in [0.1, 0.15) is 80.2 Å². The number of nitrogens with two attached hydrogens (primary N) is 1. The van der Waals surface area contributed by atoms with Crippen LogP contribution in [0.2, 0.25) is 0 Å². The number of rotatable bonds is 2. The summed E-state index contributed by atoms with van der Waals surface area (Å²) in [5, 5.41) is 25.3.